The fourth-order valence-electron chi connectivity index (χ4n) is 5.13. The Labute approximate surface area is 203 Å². The van der Waals surface area contributed by atoms with Crippen molar-refractivity contribution in [3.05, 3.63) is 89.5 Å². The van der Waals surface area contributed by atoms with Gasteiger partial charge in [0.15, 0.2) is 0 Å². The van der Waals surface area contributed by atoms with Gasteiger partial charge in [-0.1, -0.05) is 60.7 Å². The van der Waals surface area contributed by atoms with Crippen LogP contribution in [0.15, 0.2) is 72.8 Å². The van der Waals surface area contributed by atoms with Crippen molar-refractivity contribution in [3.8, 4) is 11.1 Å². The van der Waals surface area contributed by atoms with E-state index >= 15 is 0 Å². The number of ether oxygens (including phenoxy) is 1. The van der Waals surface area contributed by atoms with Crippen LogP contribution >= 0.6 is 0 Å². The molecule has 1 fully saturated rings. The zero-order chi connectivity index (χ0) is 24.4. The van der Waals surface area contributed by atoms with Gasteiger partial charge in [0.05, 0.1) is 17.2 Å². The third kappa shape index (κ3) is 4.62. The van der Waals surface area contributed by atoms with E-state index in [4.69, 9.17) is 4.74 Å². The van der Waals surface area contributed by atoms with Crippen LogP contribution in [-0.4, -0.2) is 35.7 Å². The molecular weight excluding hydrogens is 444 g/mol. The summed E-state index contributed by atoms with van der Waals surface area (Å²) in [6, 6.07) is 22.7. The molecule has 3 aromatic carbocycles. The van der Waals surface area contributed by atoms with Gasteiger partial charge in [-0.2, -0.15) is 0 Å². The molecule has 2 amide bonds. The number of carbonyl (C=O) groups excluding carboxylic acids is 2. The number of hydrogen-bond donors (Lipinski definition) is 3. The van der Waals surface area contributed by atoms with E-state index in [-0.39, 0.29) is 24.5 Å². The van der Waals surface area contributed by atoms with Gasteiger partial charge in [0.2, 0.25) is 0 Å². The number of anilines is 1. The Balaban J connectivity index is 1.24. The monoisotopic (exact) mass is 470 g/mol. The molecule has 7 heteroatoms. The molecule has 0 aromatic heterocycles. The number of amides is 2. The van der Waals surface area contributed by atoms with Crippen LogP contribution in [0, 0.1) is 5.92 Å². The van der Waals surface area contributed by atoms with Crippen molar-refractivity contribution in [2.24, 2.45) is 5.92 Å². The van der Waals surface area contributed by atoms with E-state index in [1.54, 1.807) is 24.3 Å². The molecule has 178 valence electrons. The number of carbonyl (C=O) groups is 3. The highest BCUT2D eigenvalue weighted by atomic mass is 16.5. The molecule has 5 rings (SSSR count). The van der Waals surface area contributed by atoms with Crippen LogP contribution < -0.4 is 10.6 Å². The number of hydrogen-bond acceptors (Lipinski definition) is 4. The Bertz CT molecular complexity index is 1240. The minimum absolute atomic E-state index is 0.0590. The molecule has 0 bridgehead atoms. The van der Waals surface area contributed by atoms with Gasteiger partial charge in [-0.05, 0) is 53.6 Å². The summed E-state index contributed by atoms with van der Waals surface area (Å²) in [5, 5.41) is 14.8. The number of benzene rings is 3. The first-order chi connectivity index (χ1) is 17.0. The maximum absolute atomic E-state index is 12.9. The summed E-state index contributed by atoms with van der Waals surface area (Å²) in [4.78, 5) is 36.8. The molecule has 3 N–H and O–H groups in total. The van der Waals surface area contributed by atoms with Crippen LogP contribution in [0.25, 0.3) is 11.1 Å². The van der Waals surface area contributed by atoms with E-state index in [1.165, 1.54) is 0 Å². The van der Waals surface area contributed by atoms with Crippen LogP contribution in [0.5, 0.6) is 0 Å². The summed E-state index contributed by atoms with van der Waals surface area (Å²) in [6.45, 7) is 0.173. The van der Waals surface area contributed by atoms with Gasteiger partial charge in [0.25, 0.3) is 5.91 Å². The first-order valence-electron chi connectivity index (χ1n) is 11.8. The summed E-state index contributed by atoms with van der Waals surface area (Å²) < 4.78 is 5.61. The summed E-state index contributed by atoms with van der Waals surface area (Å²) in [6.07, 6.45) is 0.923. The van der Waals surface area contributed by atoms with Crippen molar-refractivity contribution in [3.63, 3.8) is 0 Å². The number of para-hydroxylation sites is 1. The second kappa shape index (κ2) is 9.62. The first-order valence-corrected chi connectivity index (χ1v) is 11.8. The fourth-order valence-corrected chi connectivity index (χ4v) is 5.13. The van der Waals surface area contributed by atoms with E-state index in [1.807, 2.05) is 24.3 Å². The number of nitrogens with one attached hydrogen (secondary N) is 2. The van der Waals surface area contributed by atoms with Crippen LogP contribution in [-0.2, 0) is 9.53 Å². The zero-order valence-electron chi connectivity index (χ0n) is 19.1. The summed E-state index contributed by atoms with van der Waals surface area (Å²) >= 11 is 0. The molecule has 0 heterocycles. The van der Waals surface area contributed by atoms with Crippen molar-refractivity contribution in [2.45, 2.75) is 31.2 Å². The Kier molecular flexibility index (Phi) is 6.23. The van der Waals surface area contributed by atoms with Crippen molar-refractivity contribution in [1.82, 2.24) is 5.32 Å². The zero-order valence-corrected chi connectivity index (χ0v) is 19.1. The van der Waals surface area contributed by atoms with Gasteiger partial charge in [0.1, 0.15) is 6.61 Å². The molecule has 2 atom stereocenters. The highest BCUT2D eigenvalue weighted by Crippen LogP contribution is 2.44. The van der Waals surface area contributed by atoms with Crippen molar-refractivity contribution in [2.75, 3.05) is 11.9 Å². The fraction of sp³-hybridized carbons (Fsp3) is 0.250. The second-order valence-corrected chi connectivity index (χ2v) is 9.01. The van der Waals surface area contributed by atoms with Gasteiger partial charge in [-0.3, -0.25) is 14.9 Å². The molecule has 1 saturated carbocycles. The average Bonchev–Trinajstić information content (AvgIpc) is 3.46. The largest absolute Gasteiger partial charge is 0.481 e. The van der Waals surface area contributed by atoms with E-state index in [0.717, 1.165) is 22.3 Å². The lowest BCUT2D eigenvalue weighted by Crippen LogP contribution is -2.34. The van der Waals surface area contributed by atoms with Gasteiger partial charge in [-0.15, -0.1) is 0 Å². The minimum atomic E-state index is -0.834. The van der Waals surface area contributed by atoms with Crippen LogP contribution in [0.3, 0.4) is 0 Å². The number of carboxylic acid groups (broad SMARTS) is 1. The molecule has 0 radical (unpaired) electrons. The molecule has 0 spiro atoms. The molecule has 2 unspecified atom stereocenters. The molecule has 0 saturated heterocycles. The highest BCUT2D eigenvalue weighted by molar-refractivity contribution is 6.02. The number of fused-ring (bicyclic) bond motifs is 3. The number of aliphatic carboxylic acids is 1. The lowest BCUT2D eigenvalue weighted by Gasteiger charge is -2.17. The van der Waals surface area contributed by atoms with Crippen molar-refractivity contribution in [1.29, 1.82) is 0 Å². The molecular formula is C28H26N2O5. The Morgan fingerprint density at radius 2 is 1.49 bits per heavy atom. The Morgan fingerprint density at radius 3 is 2.14 bits per heavy atom. The molecule has 7 nitrogen and oxygen atoms in total. The minimum Gasteiger partial charge on any atom is -0.481 e. The van der Waals surface area contributed by atoms with Gasteiger partial charge in [0, 0.05) is 12.0 Å². The van der Waals surface area contributed by atoms with Crippen LogP contribution in [0.1, 0.15) is 46.7 Å². The standard InChI is InChI=1S/C28H26N2O5/c31-26(29-18-14-13-17(15-18)27(32)33)23-11-5-6-12-25(23)30-28(34)35-16-24-21-9-3-1-7-19(21)20-8-2-4-10-22(20)24/h1-12,17-18,24H,13-16H2,(H,29,31)(H,30,34)(H,32,33). The number of rotatable bonds is 6. The quantitative estimate of drug-likeness (QED) is 0.469. The Morgan fingerprint density at radius 1 is 0.857 bits per heavy atom. The topological polar surface area (TPSA) is 105 Å². The van der Waals surface area contributed by atoms with Crippen molar-refractivity contribution >= 4 is 23.7 Å². The second-order valence-electron chi connectivity index (χ2n) is 9.01. The lowest BCUT2D eigenvalue weighted by molar-refractivity contribution is -0.141. The smallest absolute Gasteiger partial charge is 0.411 e. The van der Waals surface area contributed by atoms with Gasteiger partial charge in [-0.25, -0.2) is 4.79 Å². The molecule has 35 heavy (non-hydrogen) atoms. The predicted molar refractivity (Wildman–Crippen MR) is 131 cm³/mol. The van der Waals surface area contributed by atoms with E-state index in [0.29, 0.717) is 30.5 Å². The predicted octanol–water partition coefficient (Wildman–Crippen LogP) is 5.03. The van der Waals surface area contributed by atoms with Crippen LogP contribution in [0.2, 0.25) is 0 Å². The Hall–Kier alpha value is -4.13. The lowest BCUT2D eigenvalue weighted by atomic mass is 9.98. The molecule has 0 aliphatic heterocycles. The van der Waals surface area contributed by atoms with Gasteiger partial charge >= 0.3 is 12.1 Å². The summed E-state index contributed by atoms with van der Waals surface area (Å²) in [5.41, 5.74) is 5.19. The first kappa shape index (κ1) is 22.7. The molecule has 2 aliphatic carbocycles. The highest BCUT2D eigenvalue weighted by Gasteiger charge is 2.31. The van der Waals surface area contributed by atoms with Gasteiger partial charge < -0.3 is 15.2 Å². The maximum Gasteiger partial charge on any atom is 0.411 e. The molecule has 2 aliphatic rings. The SMILES string of the molecule is O=C(Nc1ccccc1C(=O)NC1CCC(C(=O)O)C1)OCC1c2ccccc2-c2ccccc21. The average molecular weight is 471 g/mol. The molecule has 3 aromatic rings. The summed E-state index contributed by atoms with van der Waals surface area (Å²) in [5.74, 6) is -1.68. The van der Waals surface area contributed by atoms with E-state index in [9.17, 15) is 19.5 Å². The summed E-state index contributed by atoms with van der Waals surface area (Å²) in [7, 11) is 0. The normalized spacial score (nSPS) is 18.4. The van der Waals surface area contributed by atoms with E-state index in [2.05, 4.69) is 34.9 Å². The number of carboxylic acids is 1. The van der Waals surface area contributed by atoms with Crippen LogP contribution in [0.4, 0.5) is 10.5 Å². The third-order valence-corrected chi connectivity index (χ3v) is 6.87. The third-order valence-electron chi connectivity index (χ3n) is 6.87. The van der Waals surface area contributed by atoms with E-state index < -0.39 is 18.0 Å². The maximum atomic E-state index is 12.9. The van der Waals surface area contributed by atoms with Crippen molar-refractivity contribution < 1.29 is 24.2 Å².